The van der Waals surface area contributed by atoms with E-state index >= 15 is 0 Å². The molecule has 29 heavy (non-hydrogen) atoms. The van der Waals surface area contributed by atoms with Gasteiger partial charge in [-0.3, -0.25) is 0 Å². The number of halogens is 1. The normalized spacial score (nSPS) is 10.8. The van der Waals surface area contributed by atoms with Crippen molar-refractivity contribution in [1.29, 1.82) is 0 Å². The number of carbonyl (C=O) groups is 1. The molecule has 0 aliphatic heterocycles. The zero-order valence-corrected chi connectivity index (χ0v) is 17.3. The van der Waals surface area contributed by atoms with Gasteiger partial charge in [-0.2, -0.15) is 0 Å². The van der Waals surface area contributed by atoms with E-state index in [2.05, 4.69) is 10.2 Å². The summed E-state index contributed by atoms with van der Waals surface area (Å²) < 4.78 is 21.8. The fourth-order valence-electron chi connectivity index (χ4n) is 2.61. The third-order valence-corrected chi connectivity index (χ3v) is 4.16. The molecule has 0 spiro atoms. The zero-order chi connectivity index (χ0) is 21.0. The summed E-state index contributed by atoms with van der Waals surface area (Å²) in [6, 6.07) is 10.6. The summed E-state index contributed by atoms with van der Waals surface area (Å²) in [6.07, 6.45) is -0.0978. The van der Waals surface area contributed by atoms with Gasteiger partial charge in [-0.05, 0) is 45.0 Å². The molecule has 1 heterocycles. The minimum Gasteiger partial charge on any atom is -0.493 e. The van der Waals surface area contributed by atoms with Crippen LogP contribution in [-0.2, 0) is 11.3 Å². The Kier molecular flexibility index (Phi) is 6.39. The number of esters is 1. The van der Waals surface area contributed by atoms with E-state index in [1.54, 1.807) is 0 Å². The Balaban J connectivity index is 1.70. The summed E-state index contributed by atoms with van der Waals surface area (Å²) in [4.78, 5) is 12.4. The number of hydrogen-bond donors (Lipinski definition) is 0. The molecule has 0 unspecified atom stereocenters. The molecule has 0 saturated heterocycles. The van der Waals surface area contributed by atoms with E-state index in [4.69, 9.17) is 30.2 Å². The molecular weight excluding hydrogens is 396 g/mol. The topological polar surface area (TPSA) is 83.7 Å². The van der Waals surface area contributed by atoms with Gasteiger partial charge in [-0.25, -0.2) is 4.79 Å². The highest BCUT2D eigenvalue weighted by atomic mass is 35.5. The molecule has 3 rings (SSSR count). The van der Waals surface area contributed by atoms with Crippen LogP contribution in [0.5, 0.6) is 11.5 Å². The molecular formula is C21H21ClN2O5. The maximum atomic E-state index is 12.4. The lowest BCUT2D eigenvalue weighted by Gasteiger charge is -2.16. The van der Waals surface area contributed by atoms with Gasteiger partial charge in [0, 0.05) is 5.56 Å². The van der Waals surface area contributed by atoms with E-state index in [1.807, 2.05) is 45.0 Å². The fourth-order valence-corrected chi connectivity index (χ4v) is 2.86. The van der Waals surface area contributed by atoms with Gasteiger partial charge in [0.1, 0.15) is 0 Å². The summed E-state index contributed by atoms with van der Waals surface area (Å²) in [6.45, 7) is 5.54. The summed E-state index contributed by atoms with van der Waals surface area (Å²) in [5.74, 6) is 0.669. The van der Waals surface area contributed by atoms with Gasteiger partial charge >= 0.3 is 5.97 Å². The van der Waals surface area contributed by atoms with Gasteiger partial charge in [0.25, 0.3) is 5.89 Å². The number of rotatable bonds is 7. The Morgan fingerprint density at radius 3 is 2.69 bits per heavy atom. The number of aromatic nitrogens is 2. The second-order valence-electron chi connectivity index (χ2n) is 6.60. The van der Waals surface area contributed by atoms with Crippen LogP contribution in [0.25, 0.3) is 11.5 Å². The first kappa shape index (κ1) is 20.7. The Hall–Kier alpha value is -3.06. The predicted molar refractivity (Wildman–Crippen MR) is 107 cm³/mol. The summed E-state index contributed by atoms with van der Waals surface area (Å²) >= 11 is 6.25. The van der Waals surface area contributed by atoms with Gasteiger partial charge in [0.2, 0.25) is 5.89 Å². The molecule has 8 heteroatoms. The third kappa shape index (κ3) is 5.06. The van der Waals surface area contributed by atoms with Gasteiger partial charge in [0.15, 0.2) is 18.1 Å². The van der Waals surface area contributed by atoms with Crippen LogP contribution in [0, 0.1) is 6.92 Å². The van der Waals surface area contributed by atoms with E-state index in [0.29, 0.717) is 17.4 Å². The van der Waals surface area contributed by atoms with Crippen molar-refractivity contribution in [3.8, 4) is 23.0 Å². The molecule has 0 radical (unpaired) electrons. The van der Waals surface area contributed by atoms with E-state index < -0.39 is 5.97 Å². The highest BCUT2D eigenvalue weighted by Gasteiger charge is 2.19. The van der Waals surface area contributed by atoms with Crippen molar-refractivity contribution in [2.24, 2.45) is 0 Å². The van der Waals surface area contributed by atoms with Crippen molar-refractivity contribution in [2.45, 2.75) is 33.5 Å². The quantitative estimate of drug-likeness (QED) is 0.509. The van der Waals surface area contributed by atoms with E-state index in [0.717, 1.165) is 11.1 Å². The number of ether oxygens (including phenoxy) is 3. The smallest absolute Gasteiger partial charge is 0.338 e. The summed E-state index contributed by atoms with van der Waals surface area (Å²) in [7, 11) is 1.47. The van der Waals surface area contributed by atoms with E-state index in [1.165, 1.54) is 19.2 Å². The van der Waals surface area contributed by atoms with Crippen LogP contribution in [0.4, 0.5) is 0 Å². The molecule has 0 saturated carbocycles. The third-order valence-electron chi connectivity index (χ3n) is 3.88. The number of hydrogen-bond acceptors (Lipinski definition) is 7. The molecule has 0 bridgehead atoms. The second kappa shape index (κ2) is 8.96. The summed E-state index contributed by atoms with van der Waals surface area (Å²) in [5.41, 5.74) is 2.10. The lowest BCUT2D eigenvalue weighted by Crippen LogP contribution is -2.09. The highest BCUT2D eigenvalue weighted by molar-refractivity contribution is 6.32. The van der Waals surface area contributed by atoms with Crippen LogP contribution in [-0.4, -0.2) is 29.4 Å². The van der Waals surface area contributed by atoms with Crippen molar-refractivity contribution >= 4 is 17.6 Å². The Labute approximate surface area is 173 Å². The molecule has 152 valence electrons. The number of methoxy groups -OCH3 is 1. The largest absolute Gasteiger partial charge is 0.493 e. The molecule has 0 fully saturated rings. The Bertz CT molecular complexity index is 1020. The predicted octanol–water partition coefficient (Wildman–Crippen LogP) is 4.85. The van der Waals surface area contributed by atoms with Crippen LogP contribution in [0.3, 0.4) is 0 Å². The zero-order valence-electron chi connectivity index (χ0n) is 16.6. The first-order chi connectivity index (χ1) is 13.9. The van der Waals surface area contributed by atoms with Crippen molar-refractivity contribution < 1.29 is 23.4 Å². The van der Waals surface area contributed by atoms with Gasteiger partial charge < -0.3 is 18.6 Å². The number of nitrogens with zero attached hydrogens (tertiary/aromatic N) is 2. The minimum absolute atomic E-state index is 0.0978. The first-order valence-electron chi connectivity index (χ1n) is 8.98. The summed E-state index contributed by atoms with van der Waals surface area (Å²) in [5, 5.41) is 8.17. The second-order valence-corrected chi connectivity index (χ2v) is 7.01. The van der Waals surface area contributed by atoms with Crippen LogP contribution in [0.2, 0.25) is 5.02 Å². The van der Waals surface area contributed by atoms with E-state index in [-0.39, 0.29) is 29.2 Å². The lowest BCUT2D eigenvalue weighted by molar-refractivity contribution is 0.0438. The SMILES string of the molecule is COc1cc(C(=O)OCc2nnc(-c3cccc(C)c3)o2)cc(Cl)c1OC(C)C. The van der Waals surface area contributed by atoms with Gasteiger partial charge in [0.05, 0.1) is 23.8 Å². The molecule has 0 aliphatic carbocycles. The molecule has 3 aromatic rings. The first-order valence-corrected chi connectivity index (χ1v) is 9.36. The maximum Gasteiger partial charge on any atom is 0.338 e. The van der Waals surface area contributed by atoms with Crippen LogP contribution >= 0.6 is 11.6 Å². The monoisotopic (exact) mass is 416 g/mol. The van der Waals surface area contributed by atoms with Crippen LogP contribution in [0.1, 0.15) is 35.7 Å². The van der Waals surface area contributed by atoms with Crippen molar-refractivity contribution in [1.82, 2.24) is 10.2 Å². The maximum absolute atomic E-state index is 12.4. The van der Waals surface area contributed by atoms with Crippen molar-refractivity contribution in [3.05, 3.63) is 58.4 Å². The Morgan fingerprint density at radius 2 is 2.00 bits per heavy atom. The molecule has 1 aromatic heterocycles. The fraction of sp³-hybridized carbons (Fsp3) is 0.286. The van der Waals surface area contributed by atoms with Crippen molar-refractivity contribution in [2.75, 3.05) is 7.11 Å². The molecule has 0 aliphatic rings. The average molecular weight is 417 g/mol. The molecule has 0 atom stereocenters. The molecule has 2 aromatic carbocycles. The minimum atomic E-state index is -0.600. The standard InChI is InChI=1S/C21H21ClN2O5/c1-12(2)28-19-16(22)9-15(10-17(19)26-4)21(25)27-11-18-23-24-20(29-18)14-7-5-6-13(3)8-14/h5-10,12H,11H2,1-4H3. The number of aryl methyl sites for hydroxylation is 1. The molecule has 7 nitrogen and oxygen atoms in total. The van der Waals surface area contributed by atoms with Gasteiger partial charge in [-0.15, -0.1) is 10.2 Å². The molecule has 0 N–H and O–H groups in total. The molecule has 0 amide bonds. The van der Waals surface area contributed by atoms with Gasteiger partial charge in [-0.1, -0.05) is 29.3 Å². The van der Waals surface area contributed by atoms with Crippen molar-refractivity contribution in [3.63, 3.8) is 0 Å². The Morgan fingerprint density at radius 1 is 1.21 bits per heavy atom. The average Bonchev–Trinajstić information content (AvgIpc) is 3.16. The van der Waals surface area contributed by atoms with E-state index in [9.17, 15) is 4.79 Å². The lowest BCUT2D eigenvalue weighted by atomic mass is 10.1. The van der Waals surface area contributed by atoms with Crippen LogP contribution in [0.15, 0.2) is 40.8 Å². The number of benzene rings is 2. The highest BCUT2D eigenvalue weighted by Crippen LogP contribution is 2.37. The number of carbonyl (C=O) groups excluding carboxylic acids is 1. The van der Waals surface area contributed by atoms with Crippen LogP contribution < -0.4 is 9.47 Å².